The number of benzene rings is 2. The molecule has 2 heterocycles. The summed E-state index contributed by atoms with van der Waals surface area (Å²) >= 11 is 5.89. The fraction of sp³-hybridized carbons (Fsp3) is 0.429. The normalized spacial score (nSPS) is 16.8. The van der Waals surface area contributed by atoms with Gasteiger partial charge < -0.3 is 15.1 Å². The Morgan fingerprint density at radius 3 is 2.11 bits per heavy atom. The van der Waals surface area contributed by atoms with Crippen LogP contribution in [0.25, 0.3) is 10.9 Å². The summed E-state index contributed by atoms with van der Waals surface area (Å²) in [4.78, 5) is 24.3. The maximum atomic E-state index is 13.0. The lowest BCUT2D eigenvalue weighted by molar-refractivity contribution is -0.241. The Hall–Kier alpha value is -2.87. The van der Waals surface area contributed by atoms with Crippen molar-refractivity contribution in [1.82, 2.24) is 9.63 Å². The predicted molar refractivity (Wildman–Crippen MR) is 141 cm³/mol. The molecule has 0 unspecified atom stereocenters. The van der Waals surface area contributed by atoms with Crippen molar-refractivity contribution in [2.24, 2.45) is 0 Å². The van der Waals surface area contributed by atoms with Crippen molar-refractivity contribution < 1.29 is 24.6 Å². The van der Waals surface area contributed by atoms with Crippen LogP contribution in [-0.4, -0.2) is 50.0 Å². The molecule has 194 valence electrons. The van der Waals surface area contributed by atoms with Crippen LogP contribution in [0, 0.1) is 6.92 Å². The van der Waals surface area contributed by atoms with Crippen LogP contribution < -0.4 is 4.74 Å². The first-order valence-corrected chi connectivity index (χ1v) is 12.4. The van der Waals surface area contributed by atoms with E-state index in [1.165, 1.54) is 16.1 Å². The zero-order valence-electron chi connectivity index (χ0n) is 21.8. The van der Waals surface area contributed by atoms with Crippen LogP contribution in [0.1, 0.15) is 68.6 Å². The van der Waals surface area contributed by atoms with Gasteiger partial charge in [-0.1, -0.05) is 11.6 Å². The monoisotopic (exact) mass is 514 g/mol. The number of aromatic nitrogens is 1. The number of carboxylic acid groups (broad SMARTS) is 1. The topological polar surface area (TPSA) is 92.0 Å². The minimum absolute atomic E-state index is 0.0399. The van der Waals surface area contributed by atoms with Crippen LogP contribution in [0.2, 0.25) is 5.02 Å². The highest BCUT2D eigenvalue weighted by atomic mass is 35.5. The molecular weight excluding hydrogens is 480 g/mol. The number of aliphatic carboxylic acids is 1. The third-order valence-electron chi connectivity index (χ3n) is 6.89. The summed E-state index contributed by atoms with van der Waals surface area (Å²) in [5.41, 5.74) is 2.25. The molecule has 1 saturated heterocycles. The molecule has 1 aromatic heterocycles. The number of hydroxylamine groups is 2. The third kappa shape index (κ3) is 5.75. The molecule has 8 heteroatoms. The van der Waals surface area contributed by atoms with Gasteiger partial charge in [-0.05, 0) is 102 Å². The van der Waals surface area contributed by atoms with E-state index in [2.05, 4.69) is 27.7 Å². The first-order valence-electron chi connectivity index (χ1n) is 12.0. The second-order valence-corrected chi connectivity index (χ2v) is 10.9. The highest BCUT2D eigenvalue weighted by Crippen LogP contribution is 2.36. The summed E-state index contributed by atoms with van der Waals surface area (Å²) in [5, 5.41) is 21.8. The summed E-state index contributed by atoms with van der Waals surface area (Å²) < 4.78 is 6.77. The van der Waals surface area contributed by atoms with Gasteiger partial charge in [0.25, 0.3) is 5.91 Å². The number of hydrogen-bond acceptors (Lipinski definition) is 5. The molecule has 4 rings (SSSR count). The number of halogens is 1. The van der Waals surface area contributed by atoms with Gasteiger partial charge in [0.2, 0.25) is 0 Å². The van der Waals surface area contributed by atoms with Crippen molar-refractivity contribution in [2.75, 3.05) is 7.11 Å². The fourth-order valence-electron chi connectivity index (χ4n) is 4.93. The highest BCUT2D eigenvalue weighted by Gasteiger charge is 2.40. The Labute approximate surface area is 217 Å². The number of carboxylic acids is 1. The number of nitrogens with zero attached hydrogens (tertiary/aromatic N) is 2. The number of carbonyl (C=O) groups is 2. The molecular formula is C28H35ClN2O5. The second-order valence-electron chi connectivity index (χ2n) is 10.5. The van der Waals surface area contributed by atoms with E-state index in [0.717, 1.165) is 12.8 Å². The molecule has 36 heavy (non-hydrogen) atoms. The summed E-state index contributed by atoms with van der Waals surface area (Å²) in [5.74, 6) is -0.583. The predicted octanol–water partition coefficient (Wildman–Crippen LogP) is 6.35. The largest absolute Gasteiger partial charge is 0.497 e. The number of fused-ring (bicyclic) bond motifs is 1. The van der Waals surface area contributed by atoms with Gasteiger partial charge in [0, 0.05) is 32.7 Å². The zero-order valence-corrected chi connectivity index (χ0v) is 22.5. The molecule has 1 fully saturated rings. The average Bonchev–Trinajstić information content (AvgIpc) is 3.08. The molecule has 0 saturated carbocycles. The number of carbonyl (C=O) groups excluding carboxylic acids is 1. The van der Waals surface area contributed by atoms with Crippen molar-refractivity contribution in [2.45, 2.75) is 71.4 Å². The van der Waals surface area contributed by atoms with Gasteiger partial charge in [-0.3, -0.25) is 14.2 Å². The molecule has 0 spiro atoms. The maximum absolute atomic E-state index is 13.0. The van der Waals surface area contributed by atoms with E-state index in [-0.39, 0.29) is 23.4 Å². The zero-order chi connectivity index (χ0) is 26.8. The molecule has 3 aromatic rings. The first-order chi connectivity index (χ1) is 16.8. The Bertz CT molecular complexity index is 1250. The first kappa shape index (κ1) is 27.7. The minimum atomic E-state index is -0.955. The smallest absolute Gasteiger partial charge is 0.307 e. The molecule has 2 aromatic carbocycles. The van der Waals surface area contributed by atoms with Gasteiger partial charge in [0.05, 0.1) is 19.0 Å². The van der Waals surface area contributed by atoms with Crippen molar-refractivity contribution in [3.63, 3.8) is 0 Å². The average molecular weight is 515 g/mol. The molecule has 1 aliphatic heterocycles. The Kier molecular flexibility index (Phi) is 8.18. The molecule has 0 bridgehead atoms. The van der Waals surface area contributed by atoms with Crippen LogP contribution in [0.15, 0.2) is 42.5 Å². The van der Waals surface area contributed by atoms with Crippen molar-refractivity contribution in [3.05, 3.63) is 64.3 Å². The standard InChI is InChI=1S/C19H16ClNO4.C9H19NO/c1-11-15(10-18(22)23)16-9-14(25-2)7-8-17(16)21(11)19(24)12-3-5-13(20)6-4-12;1-8(2)6-5-7-9(3,4)10(8)11/h3-9H,10H2,1-2H3,(H,22,23);11H,5-7H2,1-4H3. The lowest BCUT2D eigenvalue weighted by Gasteiger charge is -2.48. The van der Waals surface area contributed by atoms with E-state index in [1.54, 1.807) is 56.5 Å². The fourth-order valence-corrected chi connectivity index (χ4v) is 5.06. The minimum Gasteiger partial charge on any atom is -0.497 e. The van der Waals surface area contributed by atoms with Gasteiger partial charge in [0.1, 0.15) is 5.75 Å². The Balaban J connectivity index is 0.000000275. The van der Waals surface area contributed by atoms with Gasteiger partial charge >= 0.3 is 5.97 Å². The Morgan fingerprint density at radius 2 is 1.61 bits per heavy atom. The van der Waals surface area contributed by atoms with Crippen LogP contribution in [0.3, 0.4) is 0 Å². The lowest BCUT2D eigenvalue weighted by atomic mass is 9.82. The molecule has 0 amide bonds. The lowest BCUT2D eigenvalue weighted by Crippen LogP contribution is -2.56. The molecule has 0 aliphatic carbocycles. The van der Waals surface area contributed by atoms with Gasteiger partial charge in [0.15, 0.2) is 0 Å². The molecule has 0 radical (unpaired) electrons. The van der Waals surface area contributed by atoms with E-state index in [4.69, 9.17) is 16.3 Å². The summed E-state index contributed by atoms with van der Waals surface area (Å²) in [6.45, 7) is 10.1. The SMILES string of the molecule is CC1(C)CCCC(C)(C)N1O.COc1ccc2c(c1)c(CC(=O)O)c(C)n2C(=O)c1ccc(Cl)cc1. The molecule has 7 nitrogen and oxygen atoms in total. The Morgan fingerprint density at radius 1 is 1.03 bits per heavy atom. The van der Waals surface area contributed by atoms with Crippen molar-refractivity contribution >= 4 is 34.4 Å². The second kappa shape index (κ2) is 10.6. The van der Waals surface area contributed by atoms with Gasteiger partial charge in [-0.15, -0.1) is 0 Å². The van der Waals surface area contributed by atoms with Crippen LogP contribution in [-0.2, 0) is 11.2 Å². The summed E-state index contributed by atoms with van der Waals surface area (Å²) in [7, 11) is 1.54. The number of rotatable bonds is 4. The molecule has 1 aliphatic rings. The molecule has 2 N–H and O–H groups in total. The summed E-state index contributed by atoms with van der Waals surface area (Å²) in [6.07, 6.45) is 3.23. The van der Waals surface area contributed by atoms with Crippen LogP contribution in [0.4, 0.5) is 0 Å². The molecule has 0 atom stereocenters. The third-order valence-corrected chi connectivity index (χ3v) is 7.14. The van der Waals surface area contributed by atoms with Crippen molar-refractivity contribution in [1.29, 1.82) is 0 Å². The van der Waals surface area contributed by atoms with Crippen LogP contribution in [0.5, 0.6) is 5.75 Å². The highest BCUT2D eigenvalue weighted by molar-refractivity contribution is 6.30. The van der Waals surface area contributed by atoms with E-state index in [9.17, 15) is 19.9 Å². The quantitative estimate of drug-likeness (QED) is 0.421. The van der Waals surface area contributed by atoms with Gasteiger partial charge in [-0.25, -0.2) is 0 Å². The van der Waals surface area contributed by atoms with Crippen LogP contribution >= 0.6 is 11.6 Å². The summed E-state index contributed by atoms with van der Waals surface area (Å²) in [6, 6.07) is 11.9. The number of methoxy groups -OCH3 is 1. The van der Waals surface area contributed by atoms with E-state index in [1.807, 2.05) is 0 Å². The maximum Gasteiger partial charge on any atom is 0.307 e. The van der Waals surface area contributed by atoms with E-state index in [0.29, 0.717) is 38.5 Å². The van der Waals surface area contributed by atoms with E-state index < -0.39 is 5.97 Å². The number of piperidine rings is 1. The van der Waals surface area contributed by atoms with Crippen molar-refractivity contribution in [3.8, 4) is 5.75 Å². The van der Waals surface area contributed by atoms with Gasteiger partial charge in [-0.2, -0.15) is 5.06 Å². The van der Waals surface area contributed by atoms with E-state index >= 15 is 0 Å². The number of ether oxygens (including phenoxy) is 1. The number of hydrogen-bond donors (Lipinski definition) is 2.